The Labute approximate surface area is 111 Å². The summed E-state index contributed by atoms with van der Waals surface area (Å²) in [6.45, 7) is 13.3. The number of benzene rings is 1. The molecule has 1 saturated heterocycles. The van der Waals surface area contributed by atoms with Gasteiger partial charge < -0.3 is 9.84 Å². The number of phenols is 1. The number of hydrogen-bond donors (Lipinski definition) is 1. The van der Waals surface area contributed by atoms with Crippen molar-refractivity contribution in [3.63, 3.8) is 0 Å². The number of epoxide rings is 1. The van der Waals surface area contributed by atoms with Crippen LogP contribution in [0.5, 0.6) is 5.75 Å². The summed E-state index contributed by atoms with van der Waals surface area (Å²) in [5.74, 6) is 0.338. The molecule has 1 fully saturated rings. The molecule has 0 saturated carbocycles. The van der Waals surface area contributed by atoms with E-state index in [0.29, 0.717) is 11.2 Å². The predicted octanol–water partition coefficient (Wildman–Crippen LogP) is 4.12. The first-order chi connectivity index (χ1) is 8.21. The Morgan fingerprint density at radius 2 is 1.44 bits per heavy atom. The lowest BCUT2D eigenvalue weighted by Crippen LogP contribution is -2.24. The van der Waals surface area contributed by atoms with E-state index in [9.17, 15) is 5.11 Å². The van der Waals surface area contributed by atoms with Crippen LogP contribution < -0.4 is 0 Å². The Morgan fingerprint density at radius 3 is 1.78 bits per heavy atom. The lowest BCUT2D eigenvalue weighted by molar-refractivity contribution is 0.284. The van der Waals surface area contributed by atoms with E-state index in [4.69, 9.17) is 0 Å². The van der Waals surface area contributed by atoms with Crippen molar-refractivity contribution < 1.29 is 9.84 Å². The molecule has 1 heterocycles. The second-order valence-corrected chi connectivity index (χ2v) is 6.78. The van der Waals surface area contributed by atoms with Gasteiger partial charge in [0, 0.05) is 0 Å². The van der Waals surface area contributed by atoms with Crippen molar-refractivity contribution in [2.45, 2.75) is 46.5 Å². The van der Waals surface area contributed by atoms with E-state index >= 15 is 0 Å². The largest absolute Gasteiger partial charge is 0.508 e. The highest BCUT2D eigenvalue weighted by molar-refractivity contribution is 5.30. The summed E-state index contributed by atoms with van der Waals surface area (Å²) in [5.41, 5.74) is 1.77. The minimum Gasteiger partial charge on any atom is -0.508 e. The molecule has 0 bridgehead atoms. The summed E-state index contributed by atoms with van der Waals surface area (Å²) in [6, 6.07) is 7.56. The van der Waals surface area contributed by atoms with Gasteiger partial charge >= 0.3 is 0 Å². The van der Waals surface area contributed by atoms with Gasteiger partial charge in [-0.2, -0.15) is 0 Å². The van der Waals surface area contributed by atoms with E-state index in [1.165, 1.54) is 5.56 Å². The lowest BCUT2D eigenvalue weighted by atomic mass is 9.72. The highest BCUT2D eigenvalue weighted by Crippen LogP contribution is 2.36. The van der Waals surface area contributed by atoms with Gasteiger partial charge in [0.25, 0.3) is 0 Å². The van der Waals surface area contributed by atoms with Gasteiger partial charge in [-0.15, -0.1) is 0 Å². The summed E-state index contributed by atoms with van der Waals surface area (Å²) < 4.78 is 4.50. The van der Waals surface area contributed by atoms with Crippen LogP contribution in [-0.2, 0) is 10.2 Å². The van der Waals surface area contributed by atoms with Crippen LogP contribution >= 0.6 is 0 Å². The maximum Gasteiger partial charge on any atom is 0.115 e. The van der Waals surface area contributed by atoms with Crippen molar-refractivity contribution in [1.29, 1.82) is 0 Å². The Morgan fingerprint density at radius 1 is 1.00 bits per heavy atom. The third-order valence-corrected chi connectivity index (χ3v) is 2.83. The second kappa shape index (κ2) is 5.75. The monoisotopic (exact) mass is 250 g/mol. The highest BCUT2D eigenvalue weighted by Gasteiger charge is 2.26. The van der Waals surface area contributed by atoms with Gasteiger partial charge in [-0.3, -0.25) is 0 Å². The fraction of sp³-hybridized carbons (Fsp3) is 0.625. The maximum atomic E-state index is 9.25. The number of phenolic OH excluding ortho intramolecular Hbond substituents is 1. The Bertz CT molecular complexity index is 353. The van der Waals surface area contributed by atoms with Crippen LogP contribution in [0.4, 0.5) is 0 Å². The summed E-state index contributed by atoms with van der Waals surface area (Å²) in [5, 5.41) is 9.25. The predicted molar refractivity (Wildman–Crippen MR) is 76.0 cm³/mol. The molecule has 1 aliphatic heterocycles. The molecule has 0 amide bonds. The molecule has 0 unspecified atom stereocenters. The Hall–Kier alpha value is -1.02. The second-order valence-electron chi connectivity index (χ2n) is 6.78. The fourth-order valence-corrected chi connectivity index (χ4v) is 2.34. The molecule has 1 aliphatic rings. The summed E-state index contributed by atoms with van der Waals surface area (Å²) in [4.78, 5) is 0. The SMILES string of the molecule is C1CO1.CC(C)(C)CC(C)(C)c1ccc(O)cc1. The van der Waals surface area contributed by atoms with Crippen LogP contribution in [-0.4, -0.2) is 18.3 Å². The number of rotatable bonds is 2. The zero-order chi connectivity index (χ0) is 13.8. The first-order valence-corrected chi connectivity index (χ1v) is 6.58. The summed E-state index contributed by atoms with van der Waals surface area (Å²) >= 11 is 0. The average molecular weight is 250 g/mol. The van der Waals surface area contributed by atoms with Gasteiger partial charge in [0.1, 0.15) is 5.75 Å². The first-order valence-electron chi connectivity index (χ1n) is 6.58. The molecule has 1 aromatic rings. The zero-order valence-electron chi connectivity index (χ0n) is 12.3. The van der Waals surface area contributed by atoms with Crippen molar-refractivity contribution in [2.24, 2.45) is 5.41 Å². The molecule has 0 spiro atoms. The third kappa shape index (κ3) is 6.06. The molecular weight excluding hydrogens is 224 g/mol. The van der Waals surface area contributed by atoms with E-state index in [1.54, 1.807) is 12.1 Å². The molecule has 2 rings (SSSR count). The molecule has 2 nitrogen and oxygen atoms in total. The van der Waals surface area contributed by atoms with Crippen LogP contribution in [0, 0.1) is 5.41 Å². The van der Waals surface area contributed by atoms with Crippen molar-refractivity contribution in [3.8, 4) is 5.75 Å². The number of ether oxygens (including phenoxy) is 1. The Balaban J connectivity index is 0.000000468. The first kappa shape index (κ1) is 15.0. The van der Waals surface area contributed by atoms with Gasteiger partial charge in [-0.25, -0.2) is 0 Å². The van der Waals surface area contributed by atoms with Crippen molar-refractivity contribution in [1.82, 2.24) is 0 Å². The van der Waals surface area contributed by atoms with Crippen LogP contribution in [0.1, 0.15) is 46.6 Å². The topological polar surface area (TPSA) is 32.8 Å². The number of aromatic hydroxyl groups is 1. The third-order valence-electron chi connectivity index (χ3n) is 2.83. The fourth-order valence-electron chi connectivity index (χ4n) is 2.34. The van der Waals surface area contributed by atoms with Gasteiger partial charge in [0.2, 0.25) is 0 Å². The summed E-state index contributed by atoms with van der Waals surface area (Å²) in [7, 11) is 0. The van der Waals surface area contributed by atoms with Crippen molar-refractivity contribution in [3.05, 3.63) is 29.8 Å². The van der Waals surface area contributed by atoms with Crippen LogP contribution in [0.3, 0.4) is 0 Å². The minimum atomic E-state index is 0.159. The maximum absolute atomic E-state index is 9.25. The van der Waals surface area contributed by atoms with Gasteiger partial charge in [-0.05, 0) is 34.9 Å². The Kier molecular flexibility index (Phi) is 4.80. The smallest absolute Gasteiger partial charge is 0.115 e. The molecule has 0 atom stereocenters. The molecule has 0 aromatic heterocycles. The molecule has 18 heavy (non-hydrogen) atoms. The molecule has 0 aliphatic carbocycles. The van der Waals surface area contributed by atoms with E-state index in [0.717, 1.165) is 19.6 Å². The standard InChI is InChI=1S/C14H22O.C2H4O/c1-13(2,3)10-14(4,5)11-6-8-12(15)9-7-11;1-2-3-1/h6-9,15H,10H2,1-5H3;1-2H2. The van der Waals surface area contributed by atoms with Gasteiger partial charge in [-0.1, -0.05) is 46.8 Å². The molecule has 102 valence electrons. The quantitative estimate of drug-likeness (QED) is 0.801. The van der Waals surface area contributed by atoms with Crippen molar-refractivity contribution >= 4 is 0 Å². The molecular formula is C16H26O2. The van der Waals surface area contributed by atoms with E-state index in [-0.39, 0.29) is 5.41 Å². The van der Waals surface area contributed by atoms with Crippen LogP contribution in [0.25, 0.3) is 0 Å². The molecule has 1 aromatic carbocycles. The van der Waals surface area contributed by atoms with Gasteiger partial charge in [0.05, 0.1) is 13.2 Å². The average Bonchev–Trinajstić information content (AvgIpc) is 3.00. The lowest BCUT2D eigenvalue weighted by Gasteiger charge is -2.33. The minimum absolute atomic E-state index is 0.159. The normalized spacial score (nSPS) is 14.7. The van der Waals surface area contributed by atoms with E-state index in [1.807, 2.05) is 12.1 Å². The van der Waals surface area contributed by atoms with Crippen molar-refractivity contribution in [2.75, 3.05) is 13.2 Å². The van der Waals surface area contributed by atoms with Gasteiger partial charge in [0.15, 0.2) is 0 Å². The summed E-state index contributed by atoms with van der Waals surface area (Å²) in [6.07, 6.45) is 1.13. The molecule has 2 heteroatoms. The number of hydrogen-bond acceptors (Lipinski definition) is 2. The highest BCUT2D eigenvalue weighted by atomic mass is 16.6. The molecule has 0 radical (unpaired) electrons. The van der Waals surface area contributed by atoms with Crippen LogP contribution in [0.15, 0.2) is 24.3 Å². The molecule has 1 N–H and O–H groups in total. The van der Waals surface area contributed by atoms with E-state index < -0.39 is 0 Å². The van der Waals surface area contributed by atoms with Crippen LogP contribution in [0.2, 0.25) is 0 Å². The zero-order valence-corrected chi connectivity index (χ0v) is 12.3. The van der Waals surface area contributed by atoms with E-state index in [2.05, 4.69) is 39.4 Å².